The van der Waals surface area contributed by atoms with Gasteiger partial charge in [0.05, 0.1) is 4.90 Å². The quantitative estimate of drug-likeness (QED) is 0.710. The molecule has 0 spiro atoms. The van der Waals surface area contributed by atoms with Crippen LogP contribution in [0.4, 0.5) is 11.6 Å². The van der Waals surface area contributed by atoms with E-state index in [4.69, 9.17) is 0 Å². The van der Waals surface area contributed by atoms with E-state index in [1.54, 1.807) is 10.4 Å². The average Bonchev–Trinajstić information content (AvgIpc) is 2.77. The minimum Gasteiger partial charge on any atom is -0.353 e. The van der Waals surface area contributed by atoms with Crippen LogP contribution >= 0.6 is 0 Å². The Morgan fingerprint density at radius 2 is 1.19 bits per heavy atom. The first-order chi connectivity index (χ1) is 14.8. The lowest BCUT2D eigenvalue weighted by molar-refractivity contribution is 0.312. The van der Waals surface area contributed by atoms with E-state index in [9.17, 15) is 8.42 Å². The predicted molar refractivity (Wildman–Crippen MR) is 123 cm³/mol. The summed E-state index contributed by atoms with van der Waals surface area (Å²) in [4.78, 5) is 7.10. The summed E-state index contributed by atoms with van der Waals surface area (Å²) in [5, 5.41) is 8.86. The van der Waals surface area contributed by atoms with Gasteiger partial charge in [0.25, 0.3) is 0 Å². The molecule has 9 heteroatoms. The third-order valence-corrected chi connectivity index (χ3v) is 8.48. The molecule has 0 unspecified atom stereocenters. The largest absolute Gasteiger partial charge is 0.353 e. The fraction of sp³-hybridized carbons (Fsp3) is 0.545. The van der Waals surface area contributed by atoms with Crippen molar-refractivity contribution in [3.63, 3.8) is 0 Å². The standard InChI is InChI=1S/C22H32N6O2S/c1-17-15-19(3)20(16-18(17)2)31(29,30)28-13-11-27(12-14-28)22-6-5-21(23-24-22)26-9-7-25(4)8-10-26/h5-6,15-16H,7-14H2,1-4H3. The van der Waals surface area contributed by atoms with Crippen LogP contribution in [0.5, 0.6) is 0 Å². The molecule has 168 valence electrons. The second-order valence-corrected chi connectivity index (χ2v) is 10.5. The van der Waals surface area contributed by atoms with Gasteiger partial charge in [-0.2, -0.15) is 4.31 Å². The lowest BCUT2D eigenvalue weighted by atomic mass is 10.1. The topological polar surface area (TPSA) is 72.9 Å². The van der Waals surface area contributed by atoms with Crippen molar-refractivity contribution in [1.29, 1.82) is 0 Å². The average molecular weight is 445 g/mol. The van der Waals surface area contributed by atoms with E-state index in [1.807, 2.05) is 39.0 Å². The zero-order valence-corrected chi connectivity index (χ0v) is 19.7. The van der Waals surface area contributed by atoms with E-state index < -0.39 is 10.0 Å². The fourth-order valence-electron chi connectivity index (χ4n) is 4.20. The number of nitrogens with zero attached hydrogens (tertiary/aromatic N) is 6. The molecule has 2 aliphatic rings. The fourth-order valence-corrected chi connectivity index (χ4v) is 5.91. The third kappa shape index (κ3) is 4.53. The maximum absolute atomic E-state index is 13.2. The molecule has 2 fully saturated rings. The zero-order chi connectivity index (χ0) is 22.2. The maximum Gasteiger partial charge on any atom is 0.243 e. The van der Waals surface area contributed by atoms with Crippen LogP contribution in [0.3, 0.4) is 0 Å². The van der Waals surface area contributed by atoms with Gasteiger partial charge in [0, 0.05) is 52.4 Å². The molecular formula is C22H32N6O2S. The van der Waals surface area contributed by atoms with Gasteiger partial charge in [-0.1, -0.05) is 6.07 Å². The summed E-state index contributed by atoms with van der Waals surface area (Å²) in [6.07, 6.45) is 0. The van der Waals surface area contributed by atoms with Crippen molar-refractivity contribution in [1.82, 2.24) is 19.4 Å². The summed E-state index contributed by atoms with van der Waals surface area (Å²) < 4.78 is 28.0. The number of hydrogen-bond acceptors (Lipinski definition) is 7. The smallest absolute Gasteiger partial charge is 0.243 e. The van der Waals surface area contributed by atoms with Gasteiger partial charge < -0.3 is 14.7 Å². The molecule has 0 aliphatic carbocycles. The molecule has 0 bridgehead atoms. The Hall–Kier alpha value is -2.23. The number of anilines is 2. The van der Waals surface area contributed by atoms with E-state index in [0.29, 0.717) is 31.1 Å². The van der Waals surface area contributed by atoms with Gasteiger partial charge >= 0.3 is 0 Å². The maximum atomic E-state index is 13.2. The number of likely N-dealkylation sites (N-methyl/N-ethyl adjacent to an activating group) is 1. The molecule has 1 aromatic heterocycles. The highest BCUT2D eigenvalue weighted by Gasteiger charge is 2.30. The molecule has 0 amide bonds. The van der Waals surface area contributed by atoms with Crippen LogP contribution in [0, 0.1) is 20.8 Å². The minimum atomic E-state index is -3.50. The van der Waals surface area contributed by atoms with Gasteiger partial charge in [0.1, 0.15) is 0 Å². The van der Waals surface area contributed by atoms with Crippen LogP contribution in [0.25, 0.3) is 0 Å². The number of aromatic nitrogens is 2. The lowest BCUT2D eigenvalue weighted by Gasteiger charge is -2.35. The summed E-state index contributed by atoms with van der Waals surface area (Å²) in [5.74, 6) is 1.71. The zero-order valence-electron chi connectivity index (χ0n) is 18.9. The SMILES string of the molecule is Cc1cc(C)c(S(=O)(=O)N2CCN(c3ccc(N4CCN(C)CC4)nn3)CC2)cc1C. The number of piperazine rings is 2. The van der Waals surface area contributed by atoms with Crippen molar-refractivity contribution >= 4 is 21.7 Å². The molecule has 0 radical (unpaired) electrons. The Labute approximate surface area is 185 Å². The van der Waals surface area contributed by atoms with Crippen LogP contribution in [-0.4, -0.2) is 87.2 Å². The molecule has 2 saturated heterocycles. The molecule has 1 aromatic carbocycles. The van der Waals surface area contributed by atoms with Crippen LogP contribution < -0.4 is 9.80 Å². The van der Waals surface area contributed by atoms with Crippen molar-refractivity contribution < 1.29 is 8.42 Å². The minimum absolute atomic E-state index is 0.417. The van der Waals surface area contributed by atoms with Gasteiger partial charge in [-0.3, -0.25) is 0 Å². The summed E-state index contributed by atoms with van der Waals surface area (Å²) in [6, 6.07) is 7.78. The molecule has 31 heavy (non-hydrogen) atoms. The first-order valence-electron chi connectivity index (χ1n) is 10.9. The molecule has 2 aliphatic heterocycles. The Morgan fingerprint density at radius 1 is 0.710 bits per heavy atom. The van der Waals surface area contributed by atoms with Crippen molar-refractivity contribution in [3.05, 3.63) is 41.0 Å². The van der Waals surface area contributed by atoms with Crippen LogP contribution in [0.15, 0.2) is 29.2 Å². The van der Waals surface area contributed by atoms with E-state index >= 15 is 0 Å². The van der Waals surface area contributed by atoms with Gasteiger partial charge in [0.15, 0.2) is 11.6 Å². The van der Waals surface area contributed by atoms with Gasteiger partial charge in [0.2, 0.25) is 10.0 Å². The molecule has 8 nitrogen and oxygen atoms in total. The van der Waals surface area contributed by atoms with E-state index in [-0.39, 0.29) is 0 Å². The molecule has 0 N–H and O–H groups in total. The summed E-state index contributed by atoms with van der Waals surface area (Å²) in [6.45, 7) is 11.9. The van der Waals surface area contributed by atoms with Crippen LogP contribution in [0.2, 0.25) is 0 Å². The molecule has 3 heterocycles. The Balaban J connectivity index is 1.41. The predicted octanol–water partition coefficient (Wildman–Crippen LogP) is 1.66. The summed E-state index contributed by atoms with van der Waals surface area (Å²) >= 11 is 0. The molecule has 0 saturated carbocycles. The number of sulfonamides is 1. The highest BCUT2D eigenvalue weighted by atomic mass is 32.2. The monoisotopic (exact) mass is 444 g/mol. The van der Waals surface area contributed by atoms with Crippen LogP contribution in [-0.2, 0) is 10.0 Å². The van der Waals surface area contributed by atoms with Crippen LogP contribution in [0.1, 0.15) is 16.7 Å². The normalized spacial score (nSPS) is 19.1. The van der Waals surface area contributed by atoms with Crippen molar-refractivity contribution in [3.8, 4) is 0 Å². The Kier molecular flexibility index (Phi) is 6.18. The number of benzene rings is 1. The molecule has 2 aromatic rings. The van der Waals surface area contributed by atoms with E-state index in [2.05, 4.69) is 31.9 Å². The third-order valence-electron chi connectivity index (χ3n) is 6.44. The second kappa shape index (κ2) is 8.72. The highest BCUT2D eigenvalue weighted by Crippen LogP contribution is 2.25. The van der Waals surface area contributed by atoms with E-state index in [1.165, 1.54) is 0 Å². The lowest BCUT2D eigenvalue weighted by Crippen LogP contribution is -2.49. The molecule has 4 rings (SSSR count). The van der Waals surface area contributed by atoms with Gasteiger partial charge in [-0.15, -0.1) is 10.2 Å². The summed E-state index contributed by atoms with van der Waals surface area (Å²) in [7, 11) is -1.37. The Bertz CT molecular complexity index is 1020. The van der Waals surface area contributed by atoms with Crippen molar-refractivity contribution in [2.24, 2.45) is 0 Å². The van der Waals surface area contributed by atoms with Crippen molar-refractivity contribution in [2.75, 3.05) is 69.2 Å². The van der Waals surface area contributed by atoms with Gasteiger partial charge in [-0.25, -0.2) is 8.42 Å². The summed E-state index contributed by atoms with van der Waals surface area (Å²) in [5.41, 5.74) is 2.91. The molecular weight excluding hydrogens is 412 g/mol. The van der Waals surface area contributed by atoms with E-state index in [0.717, 1.165) is 54.5 Å². The number of aryl methyl sites for hydroxylation is 3. The first-order valence-corrected chi connectivity index (χ1v) is 12.3. The highest BCUT2D eigenvalue weighted by molar-refractivity contribution is 7.89. The van der Waals surface area contributed by atoms with Gasteiger partial charge in [-0.05, 0) is 62.7 Å². The van der Waals surface area contributed by atoms with Crippen molar-refractivity contribution in [2.45, 2.75) is 25.7 Å². The number of rotatable bonds is 4. The Morgan fingerprint density at radius 3 is 1.71 bits per heavy atom. The second-order valence-electron chi connectivity index (χ2n) is 8.63. The molecule has 0 atom stereocenters. The number of hydrogen-bond donors (Lipinski definition) is 0. The first kappa shape index (κ1) is 22.0.